The Morgan fingerprint density at radius 2 is 2.38 bits per heavy atom. The number of carbonyl (C=O) groups excluding carboxylic acids is 1. The van der Waals surface area contributed by atoms with Crippen LogP contribution in [0.5, 0.6) is 0 Å². The van der Waals surface area contributed by atoms with E-state index in [1.165, 1.54) is 10.6 Å². The molecule has 0 aromatic carbocycles. The van der Waals surface area contributed by atoms with Gasteiger partial charge in [-0.05, 0) is 31.5 Å². The van der Waals surface area contributed by atoms with Crippen LogP contribution in [0.1, 0.15) is 35.8 Å². The molecule has 0 saturated carbocycles. The molecule has 0 N–H and O–H groups in total. The number of rotatable bonds is 6. The van der Waals surface area contributed by atoms with E-state index in [0.29, 0.717) is 12.3 Å². The van der Waals surface area contributed by atoms with Gasteiger partial charge in [0.2, 0.25) is 5.91 Å². The molecule has 0 bridgehead atoms. The molecule has 0 aliphatic carbocycles. The third-order valence-electron chi connectivity index (χ3n) is 4.46. The molecule has 1 saturated heterocycles. The van der Waals surface area contributed by atoms with Crippen LogP contribution in [0.3, 0.4) is 0 Å². The van der Waals surface area contributed by atoms with Crippen molar-refractivity contribution in [3.63, 3.8) is 0 Å². The number of nitrogens with zero attached hydrogens (tertiary/aromatic N) is 4. The zero-order valence-corrected chi connectivity index (χ0v) is 14.9. The number of thiazole rings is 1. The monoisotopic (exact) mass is 344 g/mol. The average Bonchev–Trinajstić information content (AvgIpc) is 3.15. The van der Waals surface area contributed by atoms with E-state index in [9.17, 15) is 4.79 Å². The van der Waals surface area contributed by atoms with E-state index >= 15 is 0 Å². The summed E-state index contributed by atoms with van der Waals surface area (Å²) in [5.41, 5.74) is 1.18. The normalized spacial score (nSPS) is 18.1. The highest BCUT2D eigenvalue weighted by Gasteiger charge is 2.26. The molecule has 128 valence electrons. The standard InChI is InChI=1S/C18H24N4OS/c1-21(13-15-4-2-7-19-12-15)10-6-17(23)22-9-3-5-16(14-22)18-20-8-11-24-18/h2,4,7-8,11-12,16H,3,5-6,9-10,13-14H2,1H3. The van der Waals surface area contributed by atoms with E-state index in [0.717, 1.165) is 39.0 Å². The fourth-order valence-electron chi connectivity index (χ4n) is 3.17. The molecule has 6 heteroatoms. The van der Waals surface area contributed by atoms with E-state index in [2.05, 4.69) is 28.0 Å². The summed E-state index contributed by atoms with van der Waals surface area (Å²) >= 11 is 1.70. The molecule has 1 aliphatic rings. The fraction of sp³-hybridized carbons (Fsp3) is 0.500. The molecular formula is C18H24N4OS. The van der Waals surface area contributed by atoms with Gasteiger partial charge in [0.15, 0.2) is 0 Å². The quantitative estimate of drug-likeness (QED) is 0.808. The van der Waals surface area contributed by atoms with Crippen molar-refractivity contribution in [3.8, 4) is 0 Å². The van der Waals surface area contributed by atoms with Crippen LogP contribution in [0.4, 0.5) is 0 Å². The van der Waals surface area contributed by atoms with Gasteiger partial charge in [-0.15, -0.1) is 11.3 Å². The predicted octanol–water partition coefficient (Wildman–Crippen LogP) is 2.77. The van der Waals surface area contributed by atoms with Crippen molar-refractivity contribution in [1.82, 2.24) is 19.8 Å². The van der Waals surface area contributed by atoms with Gasteiger partial charge in [0.25, 0.3) is 0 Å². The molecule has 3 rings (SSSR count). The first-order valence-electron chi connectivity index (χ1n) is 8.47. The first kappa shape index (κ1) is 17.0. The van der Waals surface area contributed by atoms with E-state index in [4.69, 9.17) is 0 Å². The van der Waals surface area contributed by atoms with Crippen LogP contribution in [0.15, 0.2) is 36.1 Å². The molecule has 24 heavy (non-hydrogen) atoms. The van der Waals surface area contributed by atoms with Crippen molar-refractivity contribution in [1.29, 1.82) is 0 Å². The molecule has 3 heterocycles. The fourth-order valence-corrected chi connectivity index (χ4v) is 3.94. The largest absolute Gasteiger partial charge is 0.342 e. The summed E-state index contributed by atoms with van der Waals surface area (Å²) in [6.45, 7) is 3.29. The molecule has 1 amide bonds. The van der Waals surface area contributed by atoms with Crippen LogP contribution in [0, 0.1) is 0 Å². The number of aromatic nitrogens is 2. The van der Waals surface area contributed by atoms with Crippen LogP contribution >= 0.6 is 11.3 Å². The van der Waals surface area contributed by atoms with Crippen molar-refractivity contribution < 1.29 is 4.79 Å². The van der Waals surface area contributed by atoms with Crippen molar-refractivity contribution >= 4 is 17.2 Å². The summed E-state index contributed by atoms with van der Waals surface area (Å²) in [6, 6.07) is 4.01. The summed E-state index contributed by atoms with van der Waals surface area (Å²) in [5.74, 6) is 0.671. The molecule has 2 aromatic rings. The van der Waals surface area contributed by atoms with Crippen LogP contribution in [0.2, 0.25) is 0 Å². The number of hydrogen-bond acceptors (Lipinski definition) is 5. The molecule has 1 unspecified atom stereocenters. The summed E-state index contributed by atoms with van der Waals surface area (Å²) in [4.78, 5) is 25.3. The SMILES string of the molecule is CN(CCC(=O)N1CCCC(c2nccs2)C1)Cc1cccnc1. The summed E-state index contributed by atoms with van der Waals surface area (Å²) in [6.07, 6.45) is 8.29. The van der Waals surface area contributed by atoms with Gasteiger partial charge in [-0.1, -0.05) is 6.07 Å². The van der Waals surface area contributed by atoms with Gasteiger partial charge < -0.3 is 9.80 Å². The first-order valence-corrected chi connectivity index (χ1v) is 9.35. The second-order valence-electron chi connectivity index (χ2n) is 6.40. The molecule has 1 atom stereocenters. The van der Waals surface area contributed by atoms with E-state index < -0.39 is 0 Å². The van der Waals surface area contributed by atoms with Crippen LogP contribution in [-0.2, 0) is 11.3 Å². The molecule has 0 spiro atoms. The lowest BCUT2D eigenvalue weighted by Gasteiger charge is -2.32. The minimum atomic E-state index is 0.259. The van der Waals surface area contributed by atoms with E-state index in [-0.39, 0.29) is 5.91 Å². The Hall–Kier alpha value is -1.79. The van der Waals surface area contributed by atoms with Crippen LogP contribution in [0.25, 0.3) is 0 Å². The average molecular weight is 344 g/mol. The first-order chi connectivity index (χ1) is 11.7. The van der Waals surface area contributed by atoms with Crippen LogP contribution < -0.4 is 0 Å². The Morgan fingerprint density at radius 1 is 1.46 bits per heavy atom. The highest BCUT2D eigenvalue weighted by molar-refractivity contribution is 7.09. The molecular weight excluding hydrogens is 320 g/mol. The maximum absolute atomic E-state index is 12.5. The van der Waals surface area contributed by atoms with Gasteiger partial charge in [0.05, 0.1) is 5.01 Å². The van der Waals surface area contributed by atoms with Gasteiger partial charge in [-0.3, -0.25) is 9.78 Å². The van der Waals surface area contributed by atoms with Crippen molar-refractivity contribution in [2.75, 3.05) is 26.7 Å². The van der Waals surface area contributed by atoms with Crippen LogP contribution in [-0.4, -0.2) is 52.4 Å². The van der Waals surface area contributed by atoms with Gasteiger partial charge in [0, 0.05) is 62.5 Å². The maximum Gasteiger partial charge on any atom is 0.223 e. The minimum Gasteiger partial charge on any atom is -0.342 e. The van der Waals surface area contributed by atoms with Crippen molar-refractivity contribution in [3.05, 3.63) is 46.7 Å². The summed E-state index contributed by atoms with van der Waals surface area (Å²) in [7, 11) is 2.05. The minimum absolute atomic E-state index is 0.259. The van der Waals surface area contributed by atoms with E-state index in [1.54, 1.807) is 17.5 Å². The lowest BCUT2D eigenvalue weighted by atomic mass is 9.98. The van der Waals surface area contributed by atoms with E-state index in [1.807, 2.05) is 28.7 Å². The number of piperidine rings is 1. The highest BCUT2D eigenvalue weighted by Crippen LogP contribution is 2.28. The van der Waals surface area contributed by atoms with Crippen molar-refractivity contribution in [2.24, 2.45) is 0 Å². The lowest BCUT2D eigenvalue weighted by molar-refractivity contribution is -0.132. The molecule has 1 aliphatic heterocycles. The third-order valence-corrected chi connectivity index (χ3v) is 5.40. The zero-order valence-electron chi connectivity index (χ0n) is 14.1. The molecule has 2 aromatic heterocycles. The Labute approximate surface area is 147 Å². The lowest BCUT2D eigenvalue weighted by Crippen LogP contribution is -2.40. The summed E-state index contributed by atoms with van der Waals surface area (Å²) < 4.78 is 0. The number of carbonyl (C=O) groups is 1. The molecule has 0 radical (unpaired) electrons. The molecule has 5 nitrogen and oxygen atoms in total. The van der Waals surface area contributed by atoms with Gasteiger partial charge in [-0.25, -0.2) is 4.98 Å². The molecule has 1 fully saturated rings. The third kappa shape index (κ3) is 4.61. The van der Waals surface area contributed by atoms with Gasteiger partial charge in [-0.2, -0.15) is 0 Å². The Kier molecular flexibility index (Phi) is 5.93. The van der Waals surface area contributed by atoms with Gasteiger partial charge >= 0.3 is 0 Å². The van der Waals surface area contributed by atoms with Gasteiger partial charge in [0.1, 0.15) is 0 Å². The summed E-state index contributed by atoms with van der Waals surface area (Å²) in [5, 5.41) is 3.19. The Morgan fingerprint density at radius 3 is 3.12 bits per heavy atom. The maximum atomic E-state index is 12.5. The van der Waals surface area contributed by atoms with Crippen molar-refractivity contribution in [2.45, 2.75) is 31.7 Å². The Bertz CT molecular complexity index is 632. The number of amides is 1. The second-order valence-corrected chi connectivity index (χ2v) is 7.32. The number of likely N-dealkylation sites (tertiary alicyclic amines) is 1. The topological polar surface area (TPSA) is 49.3 Å². The smallest absolute Gasteiger partial charge is 0.223 e. The highest BCUT2D eigenvalue weighted by atomic mass is 32.1. The number of pyridine rings is 1. The number of hydrogen-bond donors (Lipinski definition) is 0. The zero-order chi connectivity index (χ0) is 16.8. The predicted molar refractivity (Wildman–Crippen MR) is 95.9 cm³/mol. The Balaban J connectivity index is 1.46. The second kappa shape index (κ2) is 8.35.